The molecular formula is C17H24FN3O2S. The predicted molar refractivity (Wildman–Crippen MR) is 93.2 cm³/mol. The Hall–Kier alpha value is -1.28. The largest absolute Gasteiger partial charge is 0.297 e. The van der Waals surface area contributed by atoms with Crippen LogP contribution in [0.1, 0.15) is 18.4 Å². The van der Waals surface area contributed by atoms with Crippen molar-refractivity contribution in [2.45, 2.75) is 12.8 Å². The highest BCUT2D eigenvalue weighted by Crippen LogP contribution is 2.18. The molecule has 0 spiro atoms. The third kappa shape index (κ3) is 4.22. The van der Waals surface area contributed by atoms with Gasteiger partial charge in [0, 0.05) is 45.8 Å². The molecule has 1 aromatic rings. The number of hydrogen-bond donors (Lipinski definition) is 0. The molecule has 2 heterocycles. The fourth-order valence-corrected chi connectivity index (χ4v) is 4.81. The van der Waals surface area contributed by atoms with E-state index in [1.54, 1.807) is 20.7 Å². The second kappa shape index (κ2) is 7.74. The van der Waals surface area contributed by atoms with E-state index in [4.69, 9.17) is 0 Å². The molecule has 0 unspecified atom stereocenters. The van der Waals surface area contributed by atoms with E-state index in [1.165, 1.54) is 12.1 Å². The smallest absolute Gasteiger partial charge is 0.282 e. The first-order valence-electron chi connectivity index (χ1n) is 8.45. The predicted octanol–water partition coefficient (Wildman–Crippen LogP) is 1.80. The van der Waals surface area contributed by atoms with Crippen LogP contribution in [0.5, 0.6) is 0 Å². The van der Waals surface area contributed by atoms with Crippen LogP contribution in [-0.2, 0) is 10.2 Å². The summed E-state index contributed by atoms with van der Waals surface area (Å²) in [6.07, 6.45) is 5.94. The number of nitrogens with zero attached hydrogens (tertiary/aromatic N) is 3. The average molecular weight is 353 g/mol. The Kier molecular flexibility index (Phi) is 5.65. The number of halogens is 1. The van der Waals surface area contributed by atoms with Crippen LogP contribution < -0.4 is 0 Å². The molecule has 0 atom stereocenters. The van der Waals surface area contributed by atoms with Crippen molar-refractivity contribution in [1.29, 1.82) is 0 Å². The standard InChI is InChI=1S/C17H24FN3O2S/c18-17-7-5-16(6-8-17)4-3-9-19-12-14-21(15-13-19)24(22,23)20-10-1-2-11-20/h3-8H,1-2,9-15H2/b4-3+. The fraction of sp³-hybridized carbons (Fsp3) is 0.529. The highest BCUT2D eigenvalue weighted by molar-refractivity contribution is 7.86. The van der Waals surface area contributed by atoms with E-state index in [9.17, 15) is 12.8 Å². The van der Waals surface area contributed by atoms with E-state index in [0.29, 0.717) is 26.2 Å². The minimum Gasteiger partial charge on any atom is -0.297 e. The molecule has 2 aliphatic heterocycles. The Morgan fingerprint density at radius 1 is 0.917 bits per heavy atom. The van der Waals surface area contributed by atoms with E-state index in [-0.39, 0.29) is 5.82 Å². The Labute approximate surface area is 143 Å². The van der Waals surface area contributed by atoms with Gasteiger partial charge in [0.15, 0.2) is 0 Å². The first-order chi connectivity index (χ1) is 11.6. The zero-order valence-electron chi connectivity index (χ0n) is 13.8. The first-order valence-corrected chi connectivity index (χ1v) is 9.85. The van der Waals surface area contributed by atoms with Crippen molar-refractivity contribution in [2.24, 2.45) is 0 Å². The number of rotatable bonds is 5. The van der Waals surface area contributed by atoms with Gasteiger partial charge in [-0.1, -0.05) is 24.3 Å². The molecular weight excluding hydrogens is 329 g/mol. The Morgan fingerprint density at radius 2 is 1.50 bits per heavy atom. The molecule has 5 nitrogen and oxygen atoms in total. The number of benzene rings is 1. The van der Waals surface area contributed by atoms with Gasteiger partial charge in [-0.15, -0.1) is 0 Å². The second-order valence-corrected chi connectivity index (χ2v) is 8.20. The molecule has 0 bridgehead atoms. The van der Waals surface area contributed by atoms with Gasteiger partial charge in [0.05, 0.1) is 0 Å². The van der Waals surface area contributed by atoms with E-state index >= 15 is 0 Å². The van der Waals surface area contributed by atoms with Crippen molar-refractivity contribution in [3.05, 3.63) is 41.7 Å². The maximum Gasteiger partial charge on any atom is 0.282 e. The maximum absolute atomic E-state index is 12.9. The van der Waals surface area contributed by atoms with Gasteiger partial charge in [-0.3, -0.25) is 4.90 Å². The van der Waals surface area contributed by atoms with Gasteiger partial charge >= 0.3 is 0 Å². The normalized spacial score (nSPS) is 21.7. The van der Waals surface area contributed by atoms with Gasteiger partial charge in [0.25, 0.3) is 10.2 Å². The van der Waals surface area contributed by atoms with Crippen molar-refractivity contribution >= 4 is 16.3 Å². The molecule has 2 aliphatic rings. The number of hydrogen-bond acceptors (Lipinski definition) is 3. The van der Waals surface area contributed by atoms with Crippen LogP contribution in [0, 0.1) is 5.82 Å². The van der Waals surface area contributed by atoms with Crippen LogP contribution in [0.25, 0.3) is 6.08 Å². The van der Waals surface area contributed by atoms with Gasteiger partial charge in [-0.25, -0.2) is 4.39 Å². The van der Waals surface area contributed by atoms with Crippen LogP contribution in [-0.4, -0.2) is 67.7 Å². The van der Waals surface area contributed by atoms with E-state index in [1.807, 2.05) is 12.2 Å². The second-order valence-electron chi connectivity index (χ2n) is 6.27. The van der Waals surface area contributed by atoms with E-state index in [0.717, 1.165) is 38.0 Å². The summed E-state index contributed by atoms with van der Waals surface area (Å²) < 4.78 is 41.1. The summed E-state index contributed by atoms with van der Waals surface area (Å²) >= 11 is 0. The molecule has 0 aliphatic carbocycles. The van der Waals surface area contributed by atoms with Crippen LogP contribution in [0.3, 0.4) is 0 Å². The summed E-state index contributed by atoms with van der Waals surface area (Å²) in [6.45, 7) is 4.65. The molecule has 3 rings (SSSR count). The van der Waals surface area contributed by atoms with Gasteiger partial charge < -0.3 is 0 Å². The van der Waals surface area contributed by atoms with Crippen LogP contribution >= 0.6 is 0 Å². The van der Waals surface area contributed by atoms with Crippen molar-refractivity contribution < 1.29 is 12.8 Å². The minimum atomic E-state index is -3.27. The summed E-state index contributed by atoms with van der Waals surface area (Å²) in [5, 5.41) is 0. The summed E-state index contributed by atoms with van der Waals surface area (Å²) in [5.41, 5.74) is 0.964. The minimum absolute atomic E-state index is 0.234. The Bertz CT molecular complexity index is 662. The molecule has 7 heteroatoms. The lowest BCUT2D eigenvalue weighted by Crippen LogP contribution is -2.52. The summed E-state index contributed by atoms with van der Waals surface area (Å²) in [7, 11) is -3.27. The molecule has 0 aromatic heterocycles. The van der Waals surface area contributed by atoms with Crippen molar-refractivity contribution in [1.82, 2.24) is 13.5 Å². The quantitative estimate of drug-likeness (QED) is 0.811. The zero-order valence-corrected chi connectivity index (χ0v) is 14.6. The molecule has 24 heavy (non-hydrogen) atoms. The average Bonchev–Trinajstić information content (AvgIpc) is 3.13. The monoisotopic (exact) mass is 353 g/mol. The van der Waals surface area contributed by atoms with Gasteiger partial charge in [-0.05, 0) is 30.5 Å². The lowest BCUT2D eigenvalue weighted by Gasteiger charge is -2.35. The first kappa shape index (κ1) is 17.5. The van der Waals surface area contributed by atoms with Gasteiger partial charge in [-0.2, -0.15) is 17.0 Å². The molecule has 0 radical (unpaired) electrons. The summed E-state index contributed by atoms with van der Waals surface area (Å²) in [4.78, 5) is 2.23. The van der Waals surface area contributed by atoms with E-state index in [2.05, 4.69) is 4.90 Å². The lowest BCUT2D eigenvalue weighted by atomic mass is 10.2. The number of piperazine rings is 1. The van der Waals surface area contributed by atoms with Crippen LogP contribution in [0.15, 0.2) is 30.3 Å². The molecule has 1 aromatic carbocycles. The highest BCUT2D eigenvalue weighted by Gasteiger charge is 2.33. The van der Waals surface area contributed by atoms with Gasteiger partial charge in [0.1, 0.15) is 5.82 Å². The van der Waals surface area contributed by atoms with Crippen LogP contribution in [0.4, 0.5) is 4.39 Å². The molecule has 0 saturated carbocycles. The van der Waals surface area contributed by atoms with Crippen LogP contribution in [0.2, 0.25) is 0 Å². The highest BCUT2D eigenvalue weighted by atomic mass is 32.2. The Balaban J connectivity index is 1.47. The third-order valence-corrected chi connectivity index (χ3v) is 6.63. The van der Waals surface area contributed by atoms with Crippen molar-refractivity contribution in [2.75, 3.05) is 45.8 Å². The third-order valence-electron chi connectivity index (χ3n) is 4.59. The fourth-order valence-electron chi connectivity index (χ4n) is 3.14. The van der Waals surface area contributed by atoms with E-state index < -0.39 is 10.2 Å². The topological polar surface area (TPSA) is 43.9 Å². The van der Waals surface area contributed by atoms with Crippen molar-refractivity contribution in [3.8, 4) is 0 Å². The van der Waals surface area contributed by atoms with Crippen molar-refractivity contribution in [3.63, 3.8) is 0 Å². The zero-order chi connectivity index (χ0) is 17.0. The summed E-state index contributed by atoms with van der Waals surface area (Å²) in [6, 6.07) is 6.38. The van der Waals surface area contributed by atoms with Gasteiger partial charge in [0.2, 0.25) is 0 Å². The molecule has 2 saturated heterocycles. The molecule has 2 fully saturated rings. The molecule has 132 valence electrons. The summed E-state index contributed by atoms with van der Waals surface area (Å²) in [5.74, 6) is -0.234. The lowest BCUT2D eigenvalue weighted by molar-refractivity contribution is 0.197. The molecule has 0 N–H and O–H groups in total. The SMILES string of the molecule is O=S(=O)(N1CCCC1)N1CCN(C/C=C/c2ccc(F)cc2)CC1. The Morgan fingerprint density at radius 3 is 2.12 bits per heavy atom. The maximum atomic E-state index is 12.9. The molecule has 0 amide bonds.